The molecule has 7 nitrogen and oxygen atoms in total. The molecule has 2 aromatic carbocycles. The molecule has 0 radical (unpaired) electrons. The van der Waals surface area contributed by atoms with Crippen molar-refractivity contribution in [3.05, 3.63) is 74.6 Å². The number of carbonyl (C=O) groups excluding carboxylic acids is 2. The molecule has 3 aromatic rings. The number of benzene rings is 2. The first-order valence-electron chi connectivity index (χ1n) is 11.7. The third kappa shape index (κ3) is 2.83. The van der Waals surface area contributed by atoms with Crippen molar-refractivity contribution in [1.82, 2.24) is 4.90 Å². The van der Waals surface area contributed by atoms with Gasteiger partial charge in [-0.05, 0) is 56.0 Å². The minimum absolute atomic E-state index is 0.0420. The molecule has 0 saturated carbocycles. The molecule has 0 N–H and O–H groups in total. The molecule has 1 aromatic heterocycles. The van der Waals surface area contributed by atoms with E-state index in [0.717, 1.165) is 23.2 Å². The highest BCUT2D eigenvalue weighted by Crippen LogP contribution is 2.52. The van der Waals surface area contributed by atoms with Gasteiger partial charge in [0.1, 0.15) is 5.58 Å². The summed E-state index contributed by atoms with van der Waals surface area (Å²) in [5.74, 6) is -0.764. The Morgan fingerprint density at radius 3 is 2.50 bits per heavy atom. The molecule has 1 spiro atoms. The van der Waals surface area contributed by atoms with Gasteiger partial charge in [0.15, 0.2) is 11.0 Å². The summed E-state index contributed by atoms with van der Waals surface area (Å²) >= 11 is 0. The molecule has 0 fully saturated rings. The van der Waals surface area contributed by atoms with Crippen molar-refractivity contribution in [2.24, 2.45) is 0 Å². The van der Waals surface area contributed by atoms with E-state index < -0.39 is 11.4 Å². The lowest BCUT2D eigenvalue weighted by Crippen LogP contribution is -2.53. The number of methoxy groups -OCH3 is 1. The van der Waals surface area contributed by atoms with Gasteiger partial charge in [-0.3, -0.25) is 14.4 Å². The Morgan fingerprint density at radius 2 is 1.76 bits per heavy atom. The molecule has 0 bridgehead atoms. The maximum atomic E-state index is 14.3. The summed E-state index contributed by atoms with van der Waals surface area (Å²) in [5.41, 5.74) is 1.90. The lowest BCUT2D eigenvalue weighted by molar-refractivity contribution is -0.126. The van der Waals surface area contributed by atoms with Gasteiger partial charge in [0.25, 0.3) is 11.8 Å². The van der Waals surface area contributed by atoms with Gasteiger partial charge in [-0.2, -0.15) is 0 Å². The Kier molecular flexibility index (Phi) is 5.32. The minimum atomic E-state index is -1.54. The van der Waals surface area contributed by atoms with Crippen LogP contribution in [0.5, 0.6) is 0 Å². The van der Waals surface area contributed by atoms with Gasteiger partial charge in [-0.1, -0.05) is 25.1 Å². The number of fused-ring (bicyclic) bond motifs is 5. The van der Waals surface area contributed by atoms with Crippen LogP contribution < -0.4 is 10.3 Å². The Morgan fingerprint density at radius 1 is 1.03 bits per heavy atom. The lowest BCUT2D eigenvalue weighted by Gasteiger charge is -2.34. The molecule has 1 atom stereocenters. The lowest BCUT2D eigenvalue weighted by atomic mass is 9.83. The molecule has 2 aliphatic heterocycles. The molecule has 2 aliphatic rings. The van der Waals surface area contributed by atoms with Gasteiger partial charge in [-0.25, -0.2) is 0 Å². The van der Waals surface area contributed by atoms with Gasteiger partial charge in [0.05, 0.1) is 16.6 Å². The summed E-state index contributed by atoms with van der Waals surface area (Å²) in [6.45, 7) is 7.03. The first-order chi connectivity index (χ1) is 16.4. The van der Waals surface area contributed by atoms with E-state index in [-0.39, 0.29) is 29.2 Å². The molecular formula is C27H28N2O5. The third-order valence-corrected chi connectivity index (χ3v) is 7.03. The van der Waals surface area contributed by atoms with Crippen LogP contribution in [0, 0.1) is 13.8 Å². The van der Waals surface area contributed by atoms with E-state index in [9.17, 15) is 14.4 Å². The van der Waals surface area contributed by atoms with Gasteiger partial charge in [0, 0.05) is 32.4 Å². The fraction of sp³-hybridized carbons (Fsp3) is 0.370. The van der Waals surface area contributed by atoms with Crippen LogP contribution in [0.4, 0.5) is 5.69 Å². The number of para-hydroxylation sites is 1. The van der Waals surface area contributed by atoms with E-state index in [1.54, 1.807) is 24.1 Å². The topological polar surface area (TPSA) is 80.1 Å². The van der Waals surface area contributed by atoms with Gasteiger partial charge in [-0.15, -0.1) is 0 Å². The van der Waals surface area contributed by atoms with Gasteiger partial charge in [0.2, 0.25) is 5.76 Å². The molecular weight excluding hydrogens is 432 g/mol. The van der Waals surface area contributed by atoms with Crippen LogP contribution in [0.3, 0.4) is 0 Å². The maximum absolute atomic E-state index is 14.3. The molecule has 176 valence electrons. The van der Waals surface area contributed by atoms with Crippen LogP contribution in [0.1, 0.15) is 52.6 Å². The number of nitrogens with zero attached hydrogens (tertiary/aromatic N) is 2. The SMILES string of the molecule is CCCN1C(=O)C2(c3ccccc31)c1c(oc3cc(C)c(C)cc3c1=O)C(=O)N2CCCOC. The van der Waals surface area contributed by atoms with Crippen LogP contribution in [-0.2, 0) is 15.1 Å². The summed E-state index contributed by atoms with van der Waals surface area (Å²) in [7, 11) is 1.60. The second-order valence-electron chi connectivity index (χ2n) is 9.06. The fourth-order valence-corrected chi connectivity index (χ4v) is 5.36. The zero-order valence-corrected chi connectivity index (χ0v) is 19.9. The third-order valence-electron chi connectivity index (χ3n) is 7.03. The molecule has 1 unspecified atom stereocenters. The zero-order chi connectivity index (χ0) is 24.2. The highest BCUT2D eigenvalue weighted by molar-refractivity contribution is 6.17. The summed E-state index contributed by atoms with van der Waals surface area (Å²) in [6, 6.07) is 11.0. The molecule has 2 amide bonds. The first kappa shape index (κ1) is 22.3. The Bertz CT molecular complexity index is 1390. The van der Waals surface area contributed by atoms with E-state index in [2.05, 4.69) is 0 Å². The monoisotopic (exact) mass is 460 g/mol. The van der Waals surface area contributed by atoms with E-state index in [1.165, 1.54) is 4.90 Å². The number of anilines is 1. The average molecular weight is 461 g/mol. The highest BCUT2D eigenvalue weighted by Gasteiger charge is 2.64. The predicted molar refractivity (Wildman–Crippen MR) is 129 cm³/mol. The number of carbonyl (C=O) groups is 2. The van der Waals surface area contributed by atoms with Crippen LogP contribution in [-0.4, -0.2) is 43.5 Å². The summed E-state index contributed by atoms with van der Waals surface area (Å²) in [4.78, 5) is 45.3. The second-order valence-corrected chi connectivity index (χ2v) is 9.06. The van der Waals surface area contributed by atoms with E-state index in [0.29, 0.717) is 36.1 Å². The van der Waals surface area contributed by atoms with Crippen molar-refractivity contribution >= 4 is 28.5 Å². The number of rotatable bonds is 6. The summed E-state index contributed by atoms with van der Waals surface area (Å²) in [5, 5.41) is 0.381. The molecule has 5 rings (SSSR count). The quantitative estimate of drug-likeness (QED) is 0.521. The van der Waals surface area contributed by atoms with Gasteiger partial charge >= 0.3 is 0 Å². The van der Waals surface area contributed by atoms with E-state index in [1.807, 2.05) is 45.0 Å². The summed E-state index contributed by atoms with van der Waals surface area (Å²) in [6.07, 6.45) is 1.26. The van der Waals surface area contributed by atoms with Crippen LogP contribution in [0.15, 0.2) is 45.6 Å². The molecule has 0 aliphatic carbocycles. The van der Waals surface area contributed by atoms with Crippen LogP contribution in [0.2, 0.25) is 0 Å². The number of amides is 2. The zero-order valence-electron chi connectivity index (χ0n) is 19.9. The smallest absolute Gasteiger partial charge is 0.291 e. The normalized spacial score (nSPS) is 18.9. The number of aryl methyl sites for hydroxylation is 2. The van der Waals surface area contributed by atoms with Crippen LogP contribution >= 0.6 is 0 Å². The average Bonchev–Trinajstić information content (AvgIpc) is 3.21. The number of hydrogen-bond donors (Lipinski definition) is 0. The van der Waals surface area contributed by atoms with Crippen molar-refractivity contribution in [2.45, 2.75) is 39.2 Å². The second kappa shape index (κ2) is 8.09. The van der Waals surface area contributed by atoms with Crippen molar-refractivity contribution in [1.29, 1.82) is 0 Å². The van der Waals surface area contributed by atoms with Crippen molar-refractivity contribution in [3.63, 3.8) is 0 Å². The fourth-order valence-electron chi connectivity index (χ4n) is 5.36. The molecule has 3 heterocycles. The Labute approximate surface area is 197 Å². The number of ether oxygens (including phenoxy) is 1. The Balaban J connectivity index is 1.87. The Hall–Kier alpha value is -3.45. The van der Waals surface area contributed by atoms with E-state index >= 15 is 0 Å². The predicted octanol–water partition coefficient (Wildman–Crippen LogP) is 3.90. The largest absolute Gasteiger partial charge is 0.450 e. The summed E-state index contributed by atoms with van der Waals surface area (Å²) < 4.78 is 11.3. The first-order valence-corrected chi connectivity index (χ1v) is 11.7. The van der Waals surface area contributed by atoms with Crippen molar-refractivity contribution in [2.75, 3.05) is 31.7 Å². The standard InChI is InChI=1S/C27H28N2O5/c1-5-11-28-20-10-7-6-9-19(20)27(26(28)32)22-23(30)18-14-16(2)17(3)15-21(18)34-24(22)25(31)29(27)12-8-13-33-4/h6-7,9-10,14-15H,5,8,11-13H2,1-4H3. The number of hydrogen-bond acceptors (Lipinski definition) is 5. The van der Waals surface area contributed by atoms with Crippen LogP contribution in [0.25, 0.3) is 11.0 Å². The van der Waals surface area contributed by atoms with E-state index in [4.69, 9.17) is 9.15 Å². The highest BCUT2D eigenvalue weighted by atomic mass is 16.5. The van der Waals surface area contributed by atoms with Crippen molar-refractivity contribution in [3.8, 4) is 0 Å². The van der Waals surface area contributed by atoms with Crippen molar-refractivity contribution < 1.29 is 18.7 Å². The molecule has 7 heteroatoms. The molecule has 34 heavy (non-hydrogen) atoms. The maximum Gasteiger partial charge on any atom is 0.291 e. The molecule has 0 saturated heterocycles. The minimum Gasteiger partial charge on any atom is -0.450 e. The van der Waals surface area contributed by atoms with Gasteiger partial charge < -0.3 is 19.0 Å².